The summed E-state index contributed by atoms with van der Waals surface area (Å²) < 4.78 is 0. The van der Waals surface area contributed by atoms with Crippen molar-refractivity contribution in [2.45, 2.75) is 33.1 Å². The lowest BCUT2D eigenvalue weighted by atomic mass is 10.1. The molecule has 16 heavy (non-hydrogen) atoms. The SMILES string of the molecule is CC(C)CCCCNC(=O)c1cnccn1. The first-order valence-electron chi connectivity index (χ1n) is 5.74. The quantitative estimate of drug-likeness (QED) is 0.748. The molecule has 0 atom stereocenters. The van der Waals surface area contributed by atoms with Crippen molar-refractivity contribution in [3.63, 3.8) is 0 Å². The number of hydrogen-bond donors (Lipinski definition) is 1. The largest absolute Gasteiger partial charge is 0.351 e. The molecule has 88 valence electrons. The maximum absolute atomic E-state index is 11.5. The van der Waals surface area contributed by atoms with E-state index < -0.39 is 0 Å². The van der Waals surface area contributed by atoms with E-state index in [-0.39, 0.29) is 5.91 Å². The first-order valence-corrected chi connectivity index (χ1v) is 5.74. The number of nitrogens with one attached hydrogen (secondary N) is 1. The van der Waals surface area contributed by atoms with Gasteiger partial charge in [0.2, 0.25) is 0 Å². The highest BCUT2D eigenvalue weighted by atomic mass is 16.1. The molecule has 0 spiro atoms. The van der Waals surface area contributed by atoms with Gasteiger partial charge in [-0.2, -0.15) is 0 Å². The summed E-state index contributed by atoms with van der Waals surface area (Å²) in [5.74, 6) is 0.591. The fourth-order valence-electron chi connectivity index (χ4n) is 1.39. The highest BCUT2D eigenvalue weighted by Gasteiger charge is 2.05. The molecule has 0 aliphatic heterocycles. The summed E-state index contributed by atoms with van der Waals surface area (Å²) in [7, 11) is 0. The fourth-order valence-corrected chi connectivity index (χ4v) is 1.39. The number of hydrogen-bond acceptors (Lipinski definition) is 3. The van der Waals surface area contributed by atoms with Crippen molar-refractivity contribution in [3.05, 3.63) is 24.3 Å². The van der Waals surface area contributed by atoms with Gasteiger partial charge in [-0.3, -0.25) is 9.78 Å². The van der Waals surface area contributed by atoms with Crippen LogP contribution in [0.25, 0.3) is 0 Å². The van der Waals surface area contributed by atoms with Gasteiger partial charge in [0.05, 0.1) is 6.20 Å². The minimum absolute atomic E-state index is 0.141. The van der Waals surface area contributed by atoms with Gasteiger partial charge in [0.15, 0.2) is 0 Å². The van der Waals surface area contributed by atoms with Crippen LogP contribution in [0.1, 0.15) is 43.6 Å². The smallest absolute Gasteiger partial charge is 0.271 e. The molecule has 1 aromatic heterocycles. The van der Waals surface area contributed by atoms with Crippen molar-refractivity contribution in [3.8, 4) is 0 Å². The summed E-state index contributed by atoms with van der Waals surface area (Å²) in [5, 5.41) is 2.83. The lowest BCUT2D eigenvalue weighted by Gasteiger charge is -2.05. The van der Waals surface area contributed by atoms with Crippen LogP contribution in [0.15, 0.2) is 18.6 Å². The molecule has 0 fully saturated rings. The molecule has 1 amide bonds. The molecule has 1 rings (SSSR count). The van der Waals surface area contributed by atoms with Gasteiger partial charge in [-0.25, -0.2) is 4.98 Å². The standard InChI is InChI=1S/C12H19N3O/c1-10(2)5-3-4-6-15-12(16)11-9-13-7-8-14-11/h7-10H,3-6H2,1-2H3,(H,15,16). The first kappa shape index (κ1) is 12.6. The van der Waals surface area contributed by atoms with Gasteiger partial charge in [0, 0.05) is 18.9 Å². The predicted molar refractivity (Wildman–Crippen MR) is 63.1 cm³/mol. The molecule has 0 unspecified atom stereocenters. The van der Waals surface area contributed by atoms with E-state index in [1.807, 2.05) is 0 Å². The molecule has 0 aromatic carbocycles. The van der Waals surface area contributed by atoms with E-state index >= 15 is 0 Å². The number of amides is 1. The molecule has 0 saturated carbocycles. The zero-order chi connectivity index (χ0) is 11.8. The summed E-state index contributed by atoms with van der Waals surface area (Å²) in [4.78, 5) is 19.3. The van der Waals surface area contributed by atoms with Crippen LogP contribution in [-0.4, -0.2) is 22.4 Å². The van der Waals surface area contributed by atoms with Crippen LogP contribution in [0.2, 0.25) is 0 Å². The number of unbranched alkanes of at least 4 members (excludes halogenated alkanes) is 1. The molecule has 4 nitrogen and oxygen atoms in total. The second-order valence-corrected chi connectivity index (χ2v) is 4.24. The zero-order valence-electron chi connectivity index (χ0n) is 9.94. The van der Waals surface area contributed by atoms with E-state index in [4.69, 9.17) is 0 Å². The maximum atomic E-state index is 11.5. The minimum atomic E-state index is -0.141. The number of carbonyl (C=O) groups is 1. The topological polar surface area (TPSA) is 54.9 Å². The molecule has 0 aliphatic rings. The second-order valence-electron chi connectivity index (χ2n) is 4.24. The van der Waals surface area contributed by atoms with Crippen molar-refractivity contribution in [1.82, 2.24) is 15.3 Å². The molecular weight excluding hydrogens is 202 g/mol. The number of nitrogens with zero attached hydrogens (tertiary/aromatic N) is 2. The molecule has 1 aromatic rings. The van der Waals surface area contributed by atoms with Gasteiger partial charge in [-0.1, -0.05) is 26.7 Å². The normalized spacial score (nSPS) is 10.4. The molecule has 0 bridgehead atoms. The van der Waals surface area contributed by atoms with E-state index in [9.17, 15) is 4.79 Å². The van der Waals surface area contributed by atoms with E-state index in [0.29, 0.717) is 12.2 Å². The fraction of sp³-hybridized carbons (Fsp3) is 0.583. The average Bonchev–Trinajstić information content (AvgIpc) is 2.29. The Morgan fingerprint density at radius 1 is 1.38 bits per heavy atom. The average molecular weight is 221 g/mol. The second kappa shape index (κ2) is 6.93. The summed E-state index contributed by atoms with van der Waals surface area (Å²) in [6, 6.07) is 0. The van der Waals surface area contributed by atoms with Crippen LogP contribution in [0.4, 0.5) is 0 Å². The Labute approximate surface area is 96.5 Å². The highest BCUT2D eigenvalue weighted by molar-refractivity contribution is 5.91. The van der Waals surface area contributed by atoms with E-state index in [1.54, 1.807) is 6.20 Å². The van der Waals surface area contributed by atoms with Gasteiger partial charge >= 0.3 is 0 Å². The third kappa shape index (κ3) is 4.87. The number of aromatic nitrogens is 2. The molecule has 0 aliphatic carbocycles. The van der Waals surface area contributed by atoms with E-state index in [2.05, 4.69) is 29.1 Å². The molecule has 1 N–H and O–H groups in total. The Balaban J connectivity index is 2.16. The molecule has 0 radical (unpaired) electrons. The molecule has 1 heterocycles. The summed E-state index contributed by atoms with van der Waals surface area (Å²) >= 11 is 0. The Morgan fingerprint density at radius 3 is 2.81 bits per heavy atom. The molecule has 4 heteroatoms. The van der Waals surface area contributed by atoms with E-state index in [0.717, 1.165) is 18.8 Å². The zero-order valence-corrected chi connectivity index (χ0v) is 9.94. The Kier molecular flexibility index (Phi) is 5.46. The predicted octanol–water partition coefficient (Wildman–Crippen LogP) is 2.03. The molecule has 0 saturated heterocycles. The minimum Gasteiger partial charge on any atom is -0.351 e. The summed E-state index contributed by atoms with van der Waals surface area (Å²) in [6.07, 6.45) is 7.93. The first-order chi connectivity index (χ1) is 7.70. The van der Waals surface area contributed by atoms with Crippen LogP contribution in [0.3, 0.4) is 0 Å². The third-order valence-corrected chi connectivity index (χ3v) is 2.29. The van der Waals surface area contributed by atoms with Gasteiger partial charge in [-0.15, -0.1) is 0 Å². The van der Waals surface area contributed by atoms with Crippen molar-refractivity contribution in [2.24, 2.45) is 5.92 Å². The van der Waals surface area contributed by atoms with Crippen molar-refractivity contribution in [2.75, 3.05) is 6.54 Å². The molecular formula is C12H19N3O. The van der Waals surface area contributed by atoms with Crippen LogP contribution in [0, 0.1) is 5.92 Å². The van der Waals surface area contributed by atoms with Crippen molar-refractivity contribution >= 4 is 5.91 Å². The van der Waals surface area contributed by atoms with Crippen LogP contribution < -0.4 is 5.32 Å². The lowest BCUT2D eigenvalue weighted by Crippen LogP contribution is -2.25. The van der Waals surface area contributed by atoms with Gasteiger partial charge in [0.1, 0.15) is 5.69 Å². The van der Waals surface area contributed by atoms with Gasteiger partial charge in [0.25, 0.3) is 5.91 Å². The number of rotatable bonds is 6. The highest BCUT2D eigenvalue weighted by Crippen LogP contribution is 2.05. The van der Waals surface area contributed by atoms with Crippen LogP contribution in [-0.2, 0) is 0 Å². The summed E-state index contributed by atoms with van der Waals surface area (Å²) in [6.45, 7) is 5.12. The van der Waals surface area contributed by atoms with E-state index in [1.165, 1.54) is 18.8 Å². The van der Waals surface area contributed by atoms with Crippen molar-refractivity contribution < 1.29 is 4.79 Å². The summed E-state index contributed by atoms with van der Waals surface area (Å²) in [5.41, 5.74) is 0.381. The monoisotopic (exact) mass is 221 g/mol. The Hall–Kier alpha value is -1.45. The Morgan fingerprint density at radius 2 is 2.19 bits per heavy atom. The lowest BCUT2D eigenvalue weighted by molar-refractivity contribution is 0.0947. The van der Waals surface area contributed by atoms with Crippen LogP contribution in [0.5, 0.6) is 0 Å². The number of carbonyl (C=O) groups excluding carboxylic acids is 1. The third-order valence-electron chi connectivity index (χ3n) is 2.29. The Bertz CT molecular complexity index is 311. The van der Waals surface area contributed by atoms with Crippen molar-refractivity contribution in [1.29, 1.82) is 0 Å². The van der Waals surface area contributed by atoms with Crippen LogP contribution >= 0.6 is 0 Å². The maximum Gasteiger partial charge on any atom is 0.271 e. The van der Waals surface area contributed by atoms with Gasteiger partial charge in [-0.05, 0) is 12.3 Å². The van der Waals surface area contributed by atoms with Gasteiger partial charge < -0.3 is 5.32 Å².